The molecule has 0 N–H and O–H groups in total. The first kappa shape index (κ1) is 10.3. The van der Waals surface area contributed by atoms with Crippen molar-refractivity contribution in [2.45, 2.75) is 27.2 Å². The van der Waals surface area contributed by atoms with Gasteiger partial charge in [-0.05, 0) is 11.9 Å². The van der Waals surface area contributed by atoms with E-state index in [1.54, 1.807) is 0 Å². The molecule has 0 fully saturated rings. The Hall–Kier alpha value is 0.220. The predicted octanol–water partition coefficient (Wildman–Crippen LogP) is 3.33. The van der Waals surface area contributed by atoms with Crippen molar-refractivity contribution >= 4 is 15.9 Å². The zero-order chi connectivity index (χ0) is 6.12. The van der Waals surface area contributed by atoms with Gasteiger partial charge in [-0.1, -0.05) is 42.3 Å². The maximum atomic E-state index is 3.07. The van der Waals surface area contributed by atoms with Crippen LogP contribution >= 0.6 is 15.9 Å². The van der Waals surface area contributed by atoms with Gasteiger partial charge >= 0.3 is 0 Å². The third-order valence-electron chi connectivity index (χ3n) is 0.126. The van der Waals surface area contributed by atoms with Crippen molar-refractivity contribution in [3.05, 3.63) is 11.1 Å². The Labute approximate surface area is 54.7 Å². The molecule has 7 heavy (non-hydrogen) atoms. The van der Waals surface area contributed by atoms with Crippen LogP contribution in [0, 0.1) is 0 Å². The summed E-state index contributed by atoms with van der Waals surface area (Å²) >= 11 is 3.07. The second-order valence-electron chi connectivity index (χ2n) is 1.17. The van der Waals surface area contributed by atoms with Crippen molar-refractivity contribution in [2.75, 3.05) is 0 Å². The molecule has 0 aliphatic heterocycles. The molecule has 0 unspecified atom stereocenters. The van der Waals surface area contributed by atoms with Crippen LogP contribution in [-0.2, 0) is 0 Å². The third kappa shape index (κ3) is 74.4. The number of allylic oxidation sites excluding steroid dienone is 1. The molecule has 0 aromatic heterocycles. The van der Waals surface area contributed by atoms with Crippen LogP contribution in [0.3, 0.4) is 0 Å². The van der Waals surface area contributed by atoms with Gasteiger partial charge in [0.1, 0.15) is 0 Å². The summed E-state index contributed by atoms with van der Waals surface area (Å²) in [5.41, 5.74) is 0. The summed E-state index contributed by atoms with van der Waals surface area (Å²) in [7, 11) is 0. The van der Waals surface area contributed by atoms with Gasteiger partial charge < -0.3 is 0 Å². The van der Waals surface area contributed by atoms with Crippen LogP contribution in [0.1, 0.15) is 27.2 Å². The molecule has 0 aliphatic carbocycles. The number of hydrogen-bond donors (Lipinski definition) is 0. The Kier molecular flexibility index (Phi) is 23.9. The SMILES string of the molecule is CC=CBr.CCC. The summed E-state index contributed by atoms with van der Waals surface area (Å²) < 4.78 is 0. The van der Waals surface area contributed by atoms with Gasteiger partial charge in [-0.15, -0.1) is 0 Å². The van der Waals surface area contributed by atoms with E-state index in [9.17, 15) is 0 Å². The van der Waals surface area contributed by atoms with Crippen LogP contribution in [0.4, 0.5) is 0 Å². The van der Waals surface area contributed by atoms with E-state index in [2.05, 4.69) is 29.8 Å². The number of hydrogen-bond acceptors (Lipinski definition) is 0. The lowest BCUT2D eigenvalue weighted by Crippen LogP contribution is -1.27. The van der Waals surface area contributed by atoms with E-state index >= 15 is 0 Å². The van der Waals surface area contributed by atoms with E-state index in [0.717, 1.165) is 0 Å². The molecule has 0 amide bonds. The lowest BCUT2D eigenvalue weighted by molar-refractivity contribution is 1.09. The predicted molar refractivity (Wildman–Crippen MR) is 39.7 cm³/mol. The van der Waals surface area contributed by atoms with E-state index in [1.807, 2.05) is 18.0 Å². The molecule has 0 spiro atoms. The lowest BCUT2D eigenvalue weighted by atomic mass is 10.6. The molecule has 0 aromatic carbocycles. The van der Waals surface area contributed by atoms with E-state index in [1.165, 1.54) is 6.42 Å². The maximum absolute atomic E-state index is 3.07. The van der Waals surface area contributed by atoms with Gasteiger partial charge in [0.05, 0.1) is 0 Å². The van der Waals surface area contributed by atoms with Crippen molar-refractivity contribution in [1.82, 2.24) is 0 Å². The molecule has 0 radical (unpaired) electrons. The van der Waals surface area contributed by atoms with Gasteiger partial charge in [-0.3, -0.25) is 0 Å². The molecule has 0 rings (SSSR count). The highest BCUT2D eigenvalue weighted by Crippen LogP contribution is 1.76. The molecular weight excluding hydrogens is 152 g/mol. The molecule has 0 aromatic rings. The van der Waals surface area contributed by atoms with Gasteiger partial charge in [0.25, 0.3) is 0 Å². The van der Waals surface area contributed by atoms with Crippen LogP contribution in [0.2, 0.25) is 0 Å². The zero-order valence-corrected chi connectivity index (χ0v) is 6.83. The fraction of sp³-hybridized carbons (Fsp3) is 0.667. The molecule has 0 nitrogen and oxygen atoms in total. The molecule has 0 bridgehead atoms. The van der Waals surface area contributed by atoms with Crippen molar-refractivity contribution in [3.8, 4) is 0 Å². The highest BCUT2D eigenvalue weighted by molar-refractivity contribution is 9.11. The van der Waals surface area contributed by atoms with Crippen LogP contribution in [0.25, 0.3) is 0 Å². The average molecular weight is 165 g/mol. The van der Waals surface area contributed by atoms with E-state index < -0.39 is 0 Å². The molecule has 0 saturated heterocycles. The Balaban J connectivity index is 0. The van der Waals surface area contributed by atoms with Crippen LogP contribution in [0.15, 0.2) is 11.1 Å². The topological polar surface area (TPSA) is 0 Å². The fourth-order valence-electron chi connectivity index (χ4n) is 0. The minimum Gasteiger partial charge on any atom is -0.0807 e. The van der Waals surface area contributed by atoms with Crippen LogP contribution in [-0.4, -0.2) is 0 Å². The van der Waals surface area contributed by atoms with Crippen LogP contribution in [0.5, 0.6) is 0 Å². The zero-order valence-electron chi connectivity index (χ0n) is 5.24. The van der Waals surface area contributed by atoms with Gasteiger partial charge in [0.15, 0.2) is 0 Å². The highest BCUT2D eigenvalue weighted by Gasteiger charge is 1.36. The Morgan fingerprint density at radius 1 is 1.43 bits per heavy atom. The second-order valence-corrected chi connectivity index (χ2v) is 1.70. The standard InChI is InChI=1S/C3H5Br.C3H8/c1-2-3-4;1-3-2/h2-3H,1H3;3H2,1-2H3. The summed E-state index contributed by atoms with van der Waals surface area (Å²) in [5.74, 6) is 0. The summed E-state index contributed by atoms with van der Waals surface area (Å²) in [6, 6.07) is 0. The lowest BCUT2D eigenvalue weighted by Gasteiger charge is -1.48. The Morgan fingerprint density at radius 3 is 1.57 bits per heavy atom. The first-order valence-electron chi connectivity index (χ1n) is 2.54. The summed E-state index contributed by atoms with van der Waals surface area (Å²) in [6.45, 7) is 6.20. The summed E-state index contributed by atoms with van der Waals surface area (Å²) in [4.78, 5) is 1.81. The minimum absolute atomic E-state index is 1.25. The molecule has 0 aliphatic rings. The molecule has 44 valence electrons. The van der Waals surface area contributed by atoms with Gasteiger partial charge in [-0.2, -0.15) is 0 Å². The quantitative estimate of drug-likeness (QED) is 0.516. The first-order valence-corrected chi connectivity index (χ1v) is 3.46. The highest BCUT2D eigenvalue weighted by atomic mass is 79.9. The number of halogens is 1. The minimum atomic E-state index is 1.25. The van der Waals surface area contributed by atoms with Crippen molar-refractivity contribution in [2.24, 2.45) is 0 Å². The Morgan fingerprint density at radius 2 is 1.57 bits per heavy atom. The summed E-state index contributed by atoms with van der Waals surface area (Å²) in [5, 5.41) is 0. The molecule has 0 atom stereocenters. The fourth-order valence-corrected chi connectivity index (χ4v) is 0. The van der Waals surface area contributed by atoms with E-state index in [4.69, 9.17) is 0 Å². The third-order valence-corrected chi connectivity index (χ3v) is 0.655. The number of rotatable bonds is 0. The van der Waals surface area contributed by atoms with E-state index in [0.29, 0.717) is 0 Å². The average Bonchev–Trinajstić information content (AvgIpc) is 1.69. The summed E-state index contributed by atoms with van der Waals surface area (Å²) in [6.07, 6.45) is 3.17. The van der Waals surface area contributed by atoms with E-state index in [-0.39, 0.29) is 0 Å². The molecule has 0 heterocycles. The van der Waals surface area contributed by atoms with Crippen LogP contribution < -0.4 is 0 Å². The maximum Gasteiger partial charge on any atom is -0.0232 e. The Bertz CT molecular complexity index is 27.2. The van der Waals surface area contributed by atoms with Crippen molar-refractivity contribution in [1.29, 1.82) is 0 Å². The largest absolute Gasteiger partial charge is 0.0807 e. The second kappa shape index (κ2) is 16.3. The molecular formula is C6H13Br. The van der Waals surface area contributed by atoms with Crippen molar-refractivity contribution < 1.29 is 0 Å². The van der Waals surface area contributed by atoms with Crippen molar-refractivity contribution in [3.63, 3.8) is 0 Å². The molecule has 1 heteroatoms. The van der Waals surface area contributed by atoms with Gasteiger partial charge in [-0.25, -0.2) is 0 Å². The smallest absolute Gasteiger partial charge is 0.0232 e. The normalized spacial score (nSPS) is 8.00. The molecule has 0 saturated carbocycles. The monoisotopic (exact) mass is 164 g/mol. The van der Waals surface area contributed by atoms with Gasteiger partial charge in [0.2, 0.25) is 0 Å². The first-order chi connectivity index (χ1) is 3.33. The van der Waals surface area contributed by atoms with Gasteiger partial charge in [0, 0.05) is 0 Å².